The van der Waals surface area contributed by atoms with Gasteiger partial charge in [-0.15, -0.1) is 0 Å². The van der Waals surface area contributed by atoms with Crippen LogP contribution in [0.4, 0.5) is 17.1 Å². The second-order valence-electron chi connectivity index (χ2n) is 5.93. The summed E-state index contributed by atoms with van der Waals surface area (Å²) >= 11 is 0. The Balaban J connectivity index is 0.000000156. The van der Waals surface area contributed by atoms with E-state index in [1.54, 1.807) is 12.3 Å². The van der Waals surface area contributed by atoms with Crippen LogP contribution in [0.25, 0.3) is 22.0 Å². The van der Waals surface area contributed by atoms with Gasteiger partial charge in [0, 0.05) is 16.3 Å². The molecule has 1 heterocycles. The lowest BCUT2D eigenvalue weighted by Gasteiger charge is -2.06. The molecule has 0 saturated carbocycles. The van der Waals surface area contributed by atoms with Crippen LogP contribution in [-0.2, 0) is 0 Å². The molecule has 0 aliphatic rings. The molecule has 5 nitrogen and oxygen atoms in total. The molecule has 6 N–H and O–H groups in total. The van der Waals surface area contributed by atoms with Gasteiger partial charge in [0.25, 0.3) is 0 Å². The Hall–Kier alpha value is -4.04. The second-order valence-corrected chi connectivity index (χ2v) is 5.93. The third-order valence-corrected chi connectivity index (χ3v) is 4.09. The number of hydrogen-bond acceptors (Lipinski definition) is 5. The molecule has 0 saturated heterocycles. The van der Waals surface area contributed by atoms with Crippen LogP contribution in [0.3, 0.4) is 0 Å². The molecule has 4 rings (SSSR count). The number of nitriles is 1. The highest BCUT2D eigenvalue weighted by Gasteiger charge is 2.06. The predicted molar refractivity (Wildman–Crippen MR) is 112 cm³/mol. The van der Waals surface area contributed by atoms with Gasteiger partial charge in [-0.2, -0.15) is 5.26 Å². The number of nitrogens with zero attached hydrogens (tertiary/aromatic N) is 2. The van der Waals surface area contributed by atoms with Crippen LogP contribution in [0.2, 0.25) is 0 Å². The first-order valence-corrected chi connectivity index (χ1v) is 8.34. The fourth-order valence-electron chi connectivity index (χ4n) is 2.70. The van der Waals surface area contributed by atoms with E-state index in [1.807, 2.05) is 66.7 Å². The molecule has 132 valence electrons. The maximum absolute atomic E-state index is 8.90. The molecule has 0 atom stereocenters. The summed E-state index contributed by atoms with van der Waals surface area (Å²) in [6.07, 6.45) is 1.67. The molecule has 0 aliphatic heterocycles. The van der Waals surface area contributed by atoms with Crippen molar-refractivity contribution in [3.8, 4) is 17.3 Å². The number of nitrogens with two attached hydrogens (primary N) is 3. The van der Waals surface area contributed by atoms with E-state index in [0.29, 0.717) is 22.6 Å². The number of pyridine rings is 1. The molecule has 1 aromatic heterocycles. The quantitative estimate of drug-likeness (QED) is 0.443. The zero-order chi connectivity index (χ0) is 19.2. The van der Waals surface area contributed by atoms with E-state index >= 15 is 0 Å². The average Bonchev–Trinajstić information content (AvgIpc) is 2.72. The minimum atomic E-state index is 0.459. The van der Waals surface area contributed by atoms with Gasteiger partial charge < -0.3 is 17.2 Å². The Labute approximate surface area is 157 Å². The molecule has 0 aliphatic carbocycles. The smallest absolute Gasteiger partial charge is 0.0998 e. The number of nitrogen functional groups attached to an aromatic ring is 3. The van der Waals surface area contributed by atoms with Crippen molar-refractivity contribution < 1.29 is 0 Å². The number of fused-ring (bicyclic) bond motifs is 1. The summed E-state index contributed by atoms with van der Waals surface area (Å²) in [5.74, 6) is 0. The van der Waals surface area contributed by atoms with E-state index in [-0.39, 0.29) is 0 Å². The Morgan fingerprint density at radius 1 is 0.778 bits per heavy atom. The third-order valence-electron chi connectivity index (χ3n) is 4.09. The zero-order valence-electron chi connectivity index (χ0n) is 14.6. The van der Waals surface area contributed by atoms with Crippen molar-refractivity contribution in [1.29, 1.82) is 5.26 Å². The second kappa shape index (κ2) is 7.89. The number of rotatable bonds is 1. The van der Waals surface area contributed by atoms with E-state index in [4.69, 9.17) is 22.5 Å². The molecule has 27 heavy (non-hydrogen) atoms. The molecule has 4 aromatic rings. The average molecular weight is 353 g/mol. The van der Waals surface area contributed by atoms with Gasteiger partial charge in [0.1, 0.15) is 0 Å². The van der Waals surface area contributed by atoms with Gasteiger partial charge in [-0.25, -0.2) is 0 Å². The molecule has 0 radical (unpaired) electrons. The molecule has 0 unspecified atom stereocenters. The minimum Gasteiger partial charge on any atom is -0.397 e. The Morgan fingerprint density at radius 2 is 1.44 bits per heavy atom. The number of aromatic nitrogens is 1. The van der Waals surface area contributed by atoms with Crippen LogP contribution in [0.1, 0.15) is 5.56 Å². The van der Waals surface area contributed by atoms with Crippen molar-refractivity contribution in [2.24, 2.45) is 0 Å². The summed E-state index contributed by atoms with van der Waals surface area (Å²) in [6.45, 7) is 0. The van der Waals surface area contributed by atoms with Crippen LogP contribution in [0, 0.1) is 11.3 Å². The van der Waals surface area contributed by atoms with Gasteiger partial charge >= 0.3 is 0 Å². The van der Waals surface area contributed by atoms with Crippen molar-refractivity contribution in [3.05, 3.63) is 84.6 Å². The van der Waals surface area contributed by atoms with E-state index < -0.39 is 0 Å². The van der Waals surface area contributed by atoms with Crippen molar-refractivity contribution >= 4 is 27.8 Å². The van der Waals surface area contributed by atoms with Gasteiger partial charge in [-0.1, -0.05) is 54.6 Å². The lowest BCUT2D eigenvalue weighted by Crippen LogP contribution is -1.97. The number of hydrogen-bond donors (Lipinski definition) is 3. The van der Waals surface area contributed by atoms with Crippen molar-refractivity contribution in [2.75, 3.05) is 17.2 Å². The number of anilines is 3. The van der Waals surface area contributed by atoms with E-state index in [9.17, 15) is 0 Å². The normalized spacial score (nSPS) is 9.89. The van der Waals surface area contributed by atoms with E-state index in [2.05, 4.69) is 11.1 Å². The van der Waals surface area contributed by atoms with E-state index in [0.717, 1.165) is 22.0 Å². The summed E-state index contributed by atoms with van der Waals surface area (Å²) < 4.78 is 0. The lowest BCUT2D eigenvalue weighted by molar-refractivity contribution is 1.33. The first kappa shape index (κ1) is 17.8. The van der Waals surface area contributed by atoms with Crippen molar-refractivity contribution in [2.45, 2.75) is 0 Å². The fraction of sp³-hybridized carbons (Fsp3) is 0. The fourth-order valence-corrected chi connectivity index (χ4v) is 2.70. The maximum Gasteiger partial charge on any atom is 0.0998 e. The molecule has 0 bridgehead atoms. The lowest BCUT2D eigenvalue weighted by atomic mass is 10.0. The van der Waals surface area contributed by atoms with Gasteiger partial charge in [-0.3, -0.25) is 4.98 Å². The number of benzene rings is 3. The predicted octanol–water partition coefficient (Wildman–Crippen LogP) is 4.21. The highest BCUT2D eigenvalue weighted by molar-refractivity contribution is 6.01. The standard InChI is InChI=1S/C11H9N3.C11H10N2/c12-6-7-5-10(13)11(14)9-4-2-1-3-8(7)9;12-10-6-7-11(13-8-10)9-4-2-1-3-5-9/h1-5H,13-14H2;1-8H,12H2. The van der Waals surface area contributed by atoms with Crippen LogP contribution >= 0.6 is 0 Å². The summed E-state index contributed by atoms with van der Waals surface area (Å²) in [5, 5.41) is 10.6. The van der Waals surface area contributed by atoms with Crippen LogP contribution in [0.15, 0.2) is 79.0 Å². The molecule has 0 spiro atoms. The molecular formula is C22H19N5. The minimum absolute atomic E-state index is 0.459. The highest BCUT2D eigenvalue weighted by atomic mass is 14.7. The molecule has 0 fully saturated rings. The van der Waals surface area contributed by atoms with Gasteiger partial charge in [0.2, 0.25) is 0 Å². The first-order chi connectivity index (χ1) is 13.1. The monoisotopic (exact) mass is 353 g/mol. The molecule has 0 amide bonds. The molecule has 5 heteroatoms. The third kappa shape index (κ3) is 3.97. The van der Waals surface area contributed by atoms with Crippen LogP contribution in [0.5, 0.6) is 0 Å². The summed E-state index contributed by atoms with van der Waals surface area (Å²) in [5.41, 5.74) is 21.4. The summed E-state index contributed by atoms with van der Waals surface area (Å²) in [6, 6.07) is 25.0. The van der Waals surface area contributed by atoms with Crippen LogP contribution < -0.4 is 17.2 Å². The summed E-state index contributed by atoms with van der Waals surface area (Å²) in [4.78, 5) is 4.22. The van der Waals surface area contributed by atoms with Crippen LogP contribution in [-0.4, -0.2) is 4.98 Å². The Bertz CT molecular complexity index is 1100. The van der Waals surface area contributed by atoms with Gasteiger partial charge in [-0.05, 0) is 18.2 Å². The Morgan fingerprint density at radius 3 is 2.07 bits per heavy atom. The van der Waals surface area contributed by atoms with Crippen molar-refractivity contribution in [1.82, 2.24) is 4.98 Å². The topological polar surface area (TPSA) is 115 Å². The Kier molecular flexibility index (Phi) is 5.20. The molecule has 3 aromatic carbocycles. The highest BCUT2D eigenvalue weighted by Crippen LogP contribution is 2.29. The maximum atomic E-state index is 8.90. The largest absolute Gasteiger partial charge is 0.397 e. The molecular weight excluding hydrogens is 334 g/mol. The zero-order valence-corrected chi connectivity index (χ0v) is 14.6. The van der Waals surface area contributed by atoms with Crippen molar-refractivity contribution in [3.63, 3.8) is 0 Å². The van der Waals surface area contributed by atoms with Gasteiger partial charge in [0.15, 0.2) is 0 Å². The SMILES string of the molecule is N#Cc1cc(N)c(N)c2ccccc12.Nc1ccc(-c2ccccc2)nc1. The van der Waals surface area contributed by atoms with E-state index in [1.165, 1.54) is 0 Å². The van der Waals surface area contributed by atoms with Gasteiger partial charge in [0.05, 0.1) is 40.6 Å². The summed E-state index contributed by atoms with van der Waals surface area (Å²) in [7, 11) is 0. The first-order valence-electron chi connectivity index (χ1n) is 8.34.